The first-order chi connectivity index (χ1) is 17.2. The molecule has 0 unspecified atom stereocenters. The standard InChI is InChI=1S/C27H28ClN3O3S2/c1-4-5-17-30(3)36(33,34)22-14-12-21(13-15-22)26(32)31(18-20-9-7-6-8-10-20)27-29-24-19(2)11-16-23(28)25(24)35-27/h6-16H,4-5,17-18H2,1-3H3. The lowest BCUT2D eigenvalue weighted by Crippen LogP contribution is -2.30. The molecule has 188 valence electrons. The molecule has 1 aromatic heterocycles. The average Bonchev–Trinajstić information content (AvgIpc) is 3.35. The zero-order chi connectivity index (χ0) is 25.9. The molecular weight excluding hydrogens is 514 g/mol. The number of aromatic nitrogens is 1. The third kappa shape index (κ3) is 5.47. The molecule has 4 aromatic rings. The Morgan fingerprint density at radius 2 is 1.72 bits per heavy atom. The fraction of sp³-hybridized carbons (Fsp3) is 0.259. The molecule has 0 bridgehead atoms. The van der Waals surface area contributed by atoms with Crippen LogP contribution in [0.25, 0.3) is 10.2 Å². The number of thiazole rings is 1. The van der Waals surface area contributed by atoms with Gasteiger partial charge in [0.2, 0.25) is 10.0 Å². The number of sulfonamides is 1. The third-order valence-electron chi connectivity index (χ3n) is 5.98. The van der Waals surface area contributed by atoms with E-state index in [0.717, 1.165) is 34.2 Å². The number of nitrogens with zero attached hydrogens (tertiary/aromatic N) is 3. The minimum atomic E-state index is -3.62. The van der Waals surface area contributed by atoms with E-state index in [-0.39, 0.29) is 10.8 Å². The van der Waals surface area contributed by atoms with Gasteiger partial charge in [-0.15, -0.1) is 0 Å². The number of anilines is 1. The summed E-state index contributed by atoms with van der Waals surface area (Å²) < 4.78 is 28.0. The van der Waals surface area contributed by atoms with E-state index in [1.165, 1.54) is 27.8 Å². The van der Waals surface area contributed by atoms with Crippen LogP contribution in [0.4, 0.5) is 5.13 Å². The molecule has 0 atom stereocenters. The molecule has 1 amide bonds. The van der Waals surface area contributed by atoms with E-state index in [1.807, 2.05) is 56.3 Å². The van der Waals surface area contributed by atoms with E-state index in [2.05, 4.69) is 0 Å². The maximum Gasteiger partial charge on any atom is 0.260 e. The Kier molecular flexibility index (Phi) is 8.10. The molecule has 0 radical (unpaired) electrons. The van der Waals surface area contributed by atoms with Crippen LogP contribution in [0.1, 0.15) is 41.3 Å². The van der Waals surface area contributed by atoms with Crippen LogP contribution in [-0.2, 0) is 16.6 Å². The van der Waals surface area contributed by atoms with Crippen molar-refractivity contribution in [2.45, 2.75) is 38.1 Å². The summed E-state index contributed by atoms with van der Waals surface area (Å²) in [5.74, 6) is -0.269. The molecule has 0 N–H and O–H groups in total. The zero-order valence-corrected chi connectivity index (χ0v) is 22.8. The molecule has 0 aliphatic heterocycles. The topological polar surface area (TPSA) is 70.6 Å². The SMILES string of the molecule is CCCCN(C)S(=O)(=O)c1ccc(C(=O)N(Cc2ccccc2)c2nc3c(C)ccc(Cl)c3s2)cc1. The van der Waals surface area contributed by atoms with Crippen LogP contribution in [-0.4, -0.2) is 37.2 Å². The highest BCUT2D eigenvalue weighted by Crippen LogP contribution is 2.36. The van der Waals surface area contributed by atoms with Gasteiger partial charge < -0.3 is 0 Å². The summed E-state index contributed by atoms with van der Waals surface area (Å²) in [6, 6.07) is 19.5. The summed E-state index contributed by atoms with van der Waals surface area (Å²) >= 11 is 7.79. The van der Waals surface area contributed by atoms with Gasteiger partial charge in [0.1, 0.15) is 0 Å². The molecule has 0 saturated heterocycles. The Labute approximate surface area is 221 Å². The van der Waals surface area contributed by atoms with Crippen LogP contribution in [0.5, 0.6) is 0 Å². The number of amides is 1. The van der Waals surface area contributed by atoms with E-state index in [0.29, 0.717) is 28.8 Å². The van der Waals surface area contributed by atoms with Gasteiger partial charge in [0.15, 0.2) is 5.13 Å². The molecule has 1 heterocycles. The van der Waals surface area contributed by atoms with Gasteiger partial charge in [-0.1, -0.05) is 72.7 Å². The van der Waals surface area contributed by atoms with Crippen molar-refractivity contribution >= 4 is 54.2 Å². The molecule has 0 aliphatic rings. The molecule has 3 aromatic carbocycles. The lowest BCUT2D eigenvalue weighted by Gasteiger charge is -2.21. The lowest BCUT2D eigenvalue weighted by molar-refractivity contribution is 0.0985. The molecule has 6 nitrogen and oxygen atoms in total. The van der Waals surface area contributed by atoms with E-state index >= 15 is 0 Å². The van der Waals surface area contributed by atoms with Crippen molar-refractivity contribution in [1.29, 1.82) is 0 Å². The van der Waals surface area contributed by atoms with Gasteiger partial charge >= 0.3 is 0 Å². The number of hydrogen-bond donors (Lipinski definition) is 0. The molecule has 0 spiro atoms. The van der Waals surface area contributed by atoms with Crippen molar-refractivity contribution in [1.82, 2.24) is 9.29 Å². The summed E-state index contributed by atoms with van der Waals surface area (Å²) in [6.45, 7) is 4.74. The highest BCUT2D eigenvalue weighted by molar-refractivity contribution is 7.89. The van der Waals surface area contributed by atoms with Crippen molar-refractivity contribution in [3.8, 4) is 0 Å². The van der Waals surface area contributed by atoms with Gasteiger partial charge in [0.25, 0.3) is 5.91 Å². The Balaban J connectivity index is 1.69. The average molecular weight is 542 g/mol. The minimum Gasteiger partial charge on any atom is -0.279 e. The third-order valence-corrected chi connectivity index (χ3v) is 9.39. The number of aryl methyl sites for hydroxylation is 1. The zero-order valence-electron chi connectivity index (χ0n) is 20.4. The molecule has 0 saturated carbocycles. The number of rotatable bonds is 9. The Morgan fingerprint density at radius 1 is 1.03 bits per heavy atom. The fourth-order valence-corrected chi connectivity index (χ4v) is 6.33. The molecule has 0 aliphatic carbocycles. The summed E-state index contributed by atoms with van der Waals surface area (Å²) in [5, 5.41) is 1.12. The summed E-state index contributed by atoms with van der Waals surface area (Å²) in [7, 11) is -2.04. The second-order valence-electron chi connectivity index (χ2n) is 8.62. The van der Waals surface area contributed by atoms with Crippen molar-refractivity contribution < 1.29 is 13.2 Å². The summed E-state index contributed by atoms with van der Waals surface area (Å²) in [5.41, 5.74) is 3.07. The second-order valence-corrected chi connectivity index (χ2v) is 12.0. The van der Waals surface area contributed by atoms with Gasteiger partial charge in [-0.2, -0.15) is 0 Å². The number of fused-ring (bicyclic) bond motifs is 1. The van der Waals surface area contributed by atoms with Crippen molar-refractivity contribution in [3.63, 3.8) is 0 Å². The highest BCUT2D eigenvalue weighted by Gasteiger charge is 2.25. The number of carbonyl (C=O) groups is 1. The first-order valence-electron chi connectivity index (χ1n) is 11.7. The fourth-order valence-electron chi connectivity index (χ4n) is 3.80. The van der Waals surface area contributed by atoms with E-state index in [4.69, 9.17) is 16.6 Å². The van der Waals surface area contributed by atoms with E-state index in [9.17, 15) is 13.2 Å². The molecular formula is C27H28ClN3O3S2. The Bertz CT molecular complexity index is 1430. The Morgan fingerprint density at radius 3 is 2.36 bits per heavy atom. The predicted octanol–water partition coefficient (Wildman–Crippen LogP) is 6.53. The maximum absolute atomic E-state index is 13.7. The maximum atomic E-state index is 13.7. The lowest BCUT2D eigenvalue weighted by atomic mass is 10.1. The van der Waals surface area contributed by atoms with Crippen LogP contribution < -0.4 is 4.90 Å². The van der Waals surface area contributed by atoms with Gasteiger partial charge in [-0.05, 0) is 54.8 Å². The van der Waals surface area contributed by atoms with Crippen LogP contribution in [0.2, 0.25) is 5.02 Å². The number of hydrogen-bond acceptors (Lipinski definition) is 5. The molecule has 4 rings (SSSR count). The van der Waals surface area contributed by atoms with Gasteiger partial charge in [0.05, 0.1) is 26.7 Å². The minimum absolute atomic E-state index is 0.162. The highest BCUT2D eigenvalue weighted by atomic mass is 35.5. The molecule has 36 heavy (non-hydrogen) atoms. The monoisotopic (exact) mass is 541 g/mol. The van der Waals surface area contributed by atoms with Crippen molar-refractivity contribution in [3.05, 3.63) is 88.4 Å². The number of carbonyl (C=O) groups excluding carboxylic acids is 1. The Hall–Kier alpha value is -2.78. The van der Waals surface area contributed by atoms with Crippen molar-refractivity contribution in [2.24, 2.45) is 0 Å². The summed E-state index contributed by atoms with van der Waals surface area (Å²) in [6.07, 6.45) is 1.69. The van der Waals surface area contributed by atoms with Crippen molar-refractivity contribution in [2.75, 3.05) is 18.5 Å². The normalized spacial score (nSPS) is 11.8. The first-order valence-corrected chi connectivity index (χ1v) is 14.3. The quantitative estimate of drug-likeness (QED) is 0.242. The molecule has 0 fully saturated rings. The van der Waals surface area contributed by atoms with Crippen LogP contribution in [0.3, 0.4) is 0 Å². The smallest absolute Gasteiger partial charge is 0.260 e. The number of unbranched alkanes of at least 4 members (excludes halogenated alkanes) is 1. The first kappa shape index (κ1) is 26.3. The van der Waals surface area contributed by atoms with Crippen LogP contribution in [0.15, 0.2) is 71.6 Å². The summed E-state index contributed by atoms with van der Waals surface area (Å²) in [4.78, 5) is 20.3. The van der Waals surface area contributed by atoms with Gasteiger partial charge in [0, 0.05) is 19.2 Å². The van der Waals surface area contributed by atoms with E-state index < -0.39 is 10.0 Å². The van der Waals surface area contributed by atoms with E-state index in [1.54, 1.807) is 24.1 Å². The number of benzene rings is 3. The van der Waals surface area contributed by atoms with Gasteiger partial charge in [-0.3, -0.25) is 9.69 Å². The largest absolute Gasteiger partial charge is 0.279 e. The van der Waals surface area contributed by atoms with Crippen LogP contribution in [0, 0.1) is 6.92 Å². The van der Waals surface area contributed by atoms with Crippen LogP contribution >= 0.6 is 22.9 Å². The molecule has 9 heteroatoms. The predicted molar refractivity (Wildman–Crippen MR) is 147 cm³/mol. The number of halogens is 1. The second kappa shape index (κ2) is 11.1. The van der Waals surface area contributed by atoms with Gasteiger partial charge in [-0.25, -0.2) is 17.7 Å².